The number of aromatic nitrogens is 2. The van der Waals surface area contributed by atoms with E-state index in [1.165, 1.54) is 0 Å². The second kappa shape index (κ2) is 4.66. The topological polar surface area (TPSA) is 51.4 Å². The van der Waals surface area contributed by atoms with Crippen molar-refractivity contribution in [3.63, 3.8) is 0 Å². The number of nitrogens with zero attached hydrogens (tertiary/aromatic N) is 2. The first-order valence-corrected chi connectivity index (χ1v) is 7.44. The summed E-state index contributed by atoms with van der Waals surface area (Å²) in [7, 11) is -3.33. The summed E-state index contributed by atoms with van der Waals surface area (Å²) in [6, 6.07) is 5.05. The van der Waals surface area contributed by atoms with E-state index in [1.807, 2.05) is 6.92 Å². The minimum absolute atomic E-state index is 0.0494. The number of halogens is 1. The van der Waals surface area contributed by atoms with Gasteiger partial charge in [-0.1, -0.05) is 13.0 Å². The molecule has 0 spiro atoms. The number of imidazole rings is 1. The zero-order valence-electron chi connectivity index (χ0n) is 9.38. The van der Waals surface area contributed by atoms with E-state index >= 15 is 0 Å². The maximum absolute atomic E-state index is 12.2. The number of alkyl halides is 1. The molecule has 0 aliphatic carbocycles. The third-order valence-corrected chi connectivity index (χ3v) is 4.98. The van der Waals surface area contributed by atoms with Crippen molar-refractivity contribution >= 4 is 27.1 Å². The molecule has 0 bridgehead atoms. The SMILES string of the molecule is CC(CCl)CS(=O)(=O)c1cccc2nccn12. The smallest absolute Gasteiger partial charge is 0.194 e. The van der Waals surface area contributed by atoms with Crippen LogP contribution < -0.4 is 0 Å². The van der Waals surface area contributed by atoms with E-state index in [9.17, 15) is 8.42 Å². The van der Waals surface area contributed by atoms with Gasteiger partial charge < -0.3 is 0 Å². The highest BCUT2D eigenvalue weighted by molar-refractivity contribution is 7.91. The Hall–Kier alpha value is -1.07. The van der Waals surface area contributed by atoms with Gasteiger partial charge in [0.25, 0.3) is 0 Å². The Morgan fingerprint density at radius 2 is 2.24 bits per heavy atom. The molecule has 0 saturated carbocycles. The molecular weight excluding hydrogens is 260 g/mol. The summed E-state index contributed by atoms with van der Waals surface area (Å²) in [5.74, 6) is 0.313. The van der Waals surface area contributed by atoms with Gasteiger partial charge in [-0.25, -0.2) is 13.4 Å². The van der Waals surface area contributed by atoms with Crippen LogP contribution in [-0.4, -0.2) is 29.4 Å². The Morgan fingerprint density at radius 1 is 1.47 bits per heavy atom. The predicted octanol–water partition coefficient (Wildman–Crippen LogP) is 1.98. The van der Waals surface area contributed by atoms with Crippen molar-refractivity contribution in [3.8, 4) is 0 Å². The van der Waals surface area contributed by atoms with Crippen molar-refractivity contribution in [2.45, 2.75) is 11.9 Å². The Bertz CT molecular complexity index is 621. The third kappa shape index (κ3) is 2.45. The molecule has 92 valence electrons. The van der Waals surface area contributed by atoms with Gasteiger partial charge in [0.05, 0.1) is 5.75 Å². The van der Waals surface area contributed by atoms with E-state index in [4.69, 9.17) is 11.6 Å². The second-order valence-corrected chi connectivity index (χ2v) is 6.35. The lowest BCUT2D eigenvalue weighted by Gasteiger charge is -2.10. The monoisotopic (exact) mass is 272 g/mol. The number of rotatable bonds is 4. The molecule has 6 heteroatoms. The number of hydrogen-bond donors (Lipinski definition) is 0. The van der Waals surface area contributed by atoms with Gasteiger partial charge in [0.15, 0.2) is 9.84 Å². The Labute approximate surface area is 105 Å². The molecule has 2 heterocycles. The summed E-state index contributed by atoms with van der Waals surface area (Å²) in [4.78, 5) is 4.06. The van der Waals surface area contributed by atoms with Gasteiger partial charge >= 0.3 is 0 Å². The summed E-state index contributed by atoms with van der Waals surface area (Å²) in [5, 5.41) is 0.268. The molecule has 2 aromatic heterocycles. The molecule has 0 aliphatic heterocycles. The van der Waals surface area contributed by atoms with E-state index < -0.39 is 9.84 Å². The molecule has 0 saturated heterocycles. The molecule has 2 rings (SSSR count). The summed E-state index contributed by atoms with van der Waals surface area (Å²) in [6.45, 7) is 1.82. The molecule has 0 aromatic carbocycles. The highest BCUT2D eigenvalue weighted by atomic mass is 35.5. The lowest BCUT2D eigenvalue weighted by molar-refractivity contribution is 0.578. The first-order valence-electron chi connectivity index (χ1n) is 5.25. The van der Waals surface area contributed by atoms with E-state index in [2.05, 4.69) is 4.98 Å². The quantitative estimate of drug-likeness (QED) is 0.800. The van der Waals surface area contributed by atoms with Crippen molar-refractivity contribution in [1.82, 2.24) is 9.38 Å². The normalized spacial score (nSPS) is 14.0. The fourth-order valence-electron chi connectivity index (χ4n) is 1.68. The van der Waals surface area contributed by atoms with Crippen LogP contribution in [0, 0.1) is 5.92 Å². The van der Waals surface area contributed by atoms with E-state index in [0.29, 0.717) is 11.5 Å². The summed E-state index contributed by atoms with van der Waals surface area (Å²) in [5.41, 5.74) is 0.629. The summed E-state index contributed by atoms with van der Waals surface area (Å²) >= 11 is 5.66. The van der Waals surface area contributed by atoms with E-state index in [1.54, 1.807) is 35.0 Å². The minimum Gasteiger partial charge on any atom is -0.290 e. The van der Waals surface area contributed by atoms with Gasteiger partial charge in [-0.15, -0.1) is 11.6 Å². The van der Waals surface area contributed by atoms with Crippen molar-refractivity contribution in [2.75, 3.05) is 11.6 Å². The van der Waals surface area contributed by atoms with Crippen molar-refractivity contribution in [2.24, 2.45) is 5.92 Å². The van der Waals surface area contributed by atoms with Gasteiger partial charge in [0.1, 0.15) is 10.7 Å². The molecule has 1 unspecified atom stereocenters. The van der Waals surface area contributed by atoms with Crippen LogP contribution in [0.1, 0.15) is 6.92 Å². The highest BCUT2D eigenvalue weighted by Crippen LogP contribution is 2.16. The average molecular weight is 273 g/mol. The van der Waals surface area contributed by atoms with Gasteiger partial charge in [0.2, 0.25) is 0 Å². The summed E-state index contributed by atoms with van der Waals surface area (Å²) in [6.07, 6.45) is 3.23. The number of fused-ring (bicyclic) bond motifs is 1. The number of sulfone groups is 1. The van der Waals surface area contributed by atoms with Gasteiger partial charge in [-0.2, -0.15) is 0 Å². The lowest BCUT2D eigenvalue weighted by Crippen LogP contribution is -2.17. The molecule has 0 fully saturated rings. The predicted molar refractivity (Wildman–Crippen MR) is 67.1 cm³/mol. The Kier molecular flexibility index (Phi) is 3.40. The van der Waals surface area contributed by atoms with Crippen LogP contribution in [0.2, 0.25) is 0 Å². The van der Waals surface area contributed by atoms with Crippen LogP contribution in [0.3, 0.4) is 0 Å². The first kappa shape index (κ1) is 12.4. The van der Waals surface area contributed by atoms with Crippen LogP contribution >= 0.6 is 11.6 Å². The van der Waals surface area contributed by atoms with Crippen LogP contribution in [0.5, 0.6) is 0 Å². The number of hydrogen-bond acceptors (Lipinski definition) is 3. The van der Waals surface area contributed by atoms with Crippen LogP contribution in [-0.2, 0) is 9.84 Å². The molecule has 0 aliphatic rings. The maximum atomic E-state index is 12.2. The average Bonchev–Trinajstić information content (AvgIpc) is 2.75. The largest absolute Gasteiger partial charge is 0.290 e. The molecule has 2 aromatic rings. The zero-order valence-corrected chi connectivity index (χ0v) is 10.9. The standard InChI is InChI=1S/C11H13ClN2O2S/c1-9(7-12)8-17(15,16)11-4-2-3-10-13-5-6-14(10)11/h2-6,9H,7-8H2,1H3. The molecule has 17 heavy (non-hydrogen) atoms. The molecule has 0 amide bonds. The Balaban J connectivity index is 2.49. The van der Waals surface area contributed by atoms with Crippen LogP contribution in [0.25, 0.3) is 5.65 Å². The van der Waals surface area contributed by atoms with Gasteiger partial charge in [-0.05, 0) is 18.1 Å². The fraction of sp³-hybridized carbons (Fsp3) is 0.364. The van der Waals surface area contributed by atoms with Gasteiger partial charge in [0, 0.05) is 18.3 Å². The molecule has 4 nitrogen and oxygen atoms in total. The zero-order chi connectivity index (χ0) is 12.5. The highest BCUT2D eigenvalue weighted by Gasteiger charge is 2.20. The van der Waals surface area contributed by atoms with Crippen molar-refractivity contribution in [3.05, 3.63) is 30.6 Å². The maximum Gasteiger partial charge on any atom is 0.194 e. The van der Waals surface area contributed by atoms with Gasteiger partial charge in [-0.3, -0.25) is 4.40 Å². The fourth-order valence-corrected chi connectivity index (χ4v) is 3.70. The molecular formula is C11H13ClN2O2S. The summed E-state index contributed by atoms with van der Waals surface area (Å²) < 4.78 is 26.0. The molecule has 1 atom stereocenters. The number of pyridine rings is 1. The minimum atomic E-state index is -3.33. The van der Waals surface area contributed by atoms with E-state index in [0.717, 1.165) is 0 Å². The van der Waals surface area contributed by atoms with E-state index in [-0.39, 0.29) is 16.7 Å². The molecule has 0 radical (unpaired) electrons. The van der Waals surface area contributed by atoms with Crippen molar-refractivity contribution in [1.29, 1.82) is 0 Å². The Morgan fingerprint density at radius 3 is 2.94 bits per heavy atom. The lowest BCUT2D eigenvalue weighted by atomic mass is 10.3. The second-order valence-electron chi connectivity index (χ2n) is 4.06. The molecule has 0 N–H and O–H groups in total. The van der Waals surface area contributed by atoms with Crippen molar-refractivity contribution < 1.29 is 8.42 Å². The van der Waals surface area contributed by atoms with Crippen LogP contribution in [0.15, 0.2) is 35.6 Å². The van der Waals surface area contributed by atoms with Crippen LogP contribution in [0.4, 0.5) is 0 Å². The first-order chi connectivity index (χ1) is 8.04. The third-order valence-electron chi connectivity index (χ3n) is 2.48.